The van der Waals surface area contributed by atoms with Crippen LogP contribution in [0.5, 0.6) is 11.5 Å². The van der Waals surface area contributed by atoms with Gasteiger partial charge in [0.25, 0.3) is 0 Å². The number of fused-ring (bicyclic) bond motifs is 1. The monoisotopic (exact) mass is 430 g/mol. The molecule has 1 aliphatic heterocycles. The van der Waals surface area contributed by atoms with Crippen molar-refractivity contribution in [1.29, 1.82) is 0 Å². The van der Waals surface area contributed by atoms with Crippen molar-refractivity contribution in [3.63, 3.8) is 0 Å². The van der Waals surface area contributed by atoms with Crippen molar-refractivity contribution in [3.05, 3.63) is 83.4 Å². The van der Waals surface area contributed by atoms with Crippen molar-refractivity contribution in [1.82, 2.24) is 0 Å². The molecule has 3 aromatic rings. The predicted molar refractivity (Wildman–Crippen MR) is 124 cm³/mol. The standard InChI is InChI=1S/C26H26N2O4/c1-31-23-10-4-5-11-24(23)32-17-19-8-2-3-9-21(19)27-25(29)12-6-7-18-13-14-22-20(15-18)16-26(30)28-22/h2-5,8-11,13-15H,6-7,12,16-17H2,1H3,(H,27,29)(H,28,30). The molecule has 0 aliphatic carbocycles. The van der Waals surface area contributed by atoms with E-state index < -0.39 is 0 Å². The fraction of sp³-hybridized carbons (Fsp3) is 0.231. The van der Waals surface area contributed by atoms with Gasteiger partial charge in [-0.2, -0.15) is 0 Å². The molecule has 0 bridgehead atoms. The topological polar surface area (TPSA) is 76.7 Å². The zero-order chi connectivity index (χ0) is 22.3. The Kier molecular flexibility index (Phi) is 6.70. The van der Waals surface area contributed by atoms with Gasteiger partial charge < -0.3 is 20.1 Å². The minimum Gasteiger partial charge on any atom is -0.493 e. The second-order valence-corrected chi connectivity index (χ2v) is 7.71. The Morgan fingerprint density at radius 3 is 2.66 bits per heavy atom. The van der Waals surface area contributed by atoms with Crippen molar-refractivity contribution in [3.8, 4) is 11.5 Å². The number of hydrogen-bond acceptors (Lipinski definition) is 4. The summed E-state index contributed by atoms with van der Waals surface area (Å²) < 4.78 is 11.2. The number of hydrogen-bond donors (Lipinski definition) is 2. The number of carbonyl (C=O) groups is 2. The van der Waals surface area contributed by atoms with Crippen molar-refractivity contribution >= 4 is 23.2 Å². The van der Waals surface area contributed by atoms with Crippen LogP contribution in [0.2, 0.25) is 0 Å². The SMILES string of the molecule is COc1ccccc1OCc1ccccc1NC(=O)CCCc1ccc2c(c1)CC(=O)N2. The van der Waals surface area contributed by atoms with Gasteiger partial charge in [-0.15, -0.1) is 0 Å². The van der Waals surface area contributed by atoms with Crippen molar-refractivity contribution in [2.45, 2.75) is 32.3 Å². The molecule has 6 nitrogen and oxygen atoms in total. The van der Waals surface area contributed by atoms with Crippen LogP contribution in [0.4, 0.5) is 11.4 Å². The number of nitrogens with one attached hydrogen (secondary N) is 2. The zero-order valence-corrected chi connectivity index (χ0v) is 18.0. The highest BCUT2D eigenvalue weighted by Gasteiger charge is 2.17. The molecule has 0 saturated carbocycles. The smallest absolute Gasteiger partial charge is 0.228 e. The second kappa shape index (κ2) is 10.0. The maximum atomic E-state index is 12.5. The molecule has 0 fully saturated rings. The molecule has 0 aromatic heterocycles. The van der Waals surface area contributed by atoms with E-state index in [0.29, 0.717) is 30.9 Å². The van der Waals surface area contributed by atoms with Gasteiger partial charge in [0.2, 0.25) is 11.8 Å². The molecule has 4 rings (SSSR count). The number of amides is 2. The third kappa shape index (κ3) is 5.27. The lowest BCUT2D eigenvalue weighted by atomic mass is 10.0. The Morgan fingerprint density at radius 1 is 1.03 bits per heavy atom. The van der Waals surface area contributed by atoms with E-state index in [2.05, 4.69) is 16.7 Å². The average molecular weight is 431 g/mol. The number of ether oxygens (including phenoxy) is 2. The Bertz CT molecular complexity index is 1130. The normalized spacial score (nSPS) is 12.1. The van der Waals surface area contributed by atoms with Crippen LogP contribution in [-0.2, 0) is 29.0 Å². The molecular weight excluding hydrogens is 404 g/mol. The number of rotatable bonds is 9. The van der Waals surface area contributed by atoms with E-state index in [4.69, 9.17) is 9.47 Å². The van der Waals surface area contributed by atoms with Gasteiger partial charge in [0.05, 0.1) is 13.5 Å². The quantitative estimate of drug-likeness (QED) is 0.515. The summed E-state index contributed by atoms with van der Waals surface area (Å²) in [7, 11) is 1.61. The van der Waals surface area contributed by atoms with Crippen molar-refractivity contribution in [2.75, 3.05) is 17.7 Å². The Hall–Kier alpha value is -3.80. The number of carbonyl (C=O) groups excluding carboxylic acids is 2. The summed E-state index contributed by atoms with van der Waals surface area (Å²) in [5.74, 6) is 1.32. The van der Waals surface area contributed by atoms with Gasteiger partial charge in [-0.05, 0) is 48.2 Å². The van der Waals surface area contributed by atoms with E-state index in [0.717, 1.165) is 40.9 Å². The lowest BCUT2D eigenvalue weighted by molar-refractivity contribution is -0.116. The van der Waals surface area contributed by atoms with Crippen molar-refractivity contribution < 1.29 is 19.1 Å². The maximum Gasteiger partial charge on any atom is 0.228 e. The molecule has 2 amide bonds. The molecule has 0 saturated heterocycles. The molecule has 1 aliphatic rings. The molecule has 0 radical (unpaired) electrons. The first-order valence-corrected chi connectivity index (χ1v) is 10.7. The molecular formula is C26H26N2O4. The molecule has 0 unspecified atom stereocenters. The van der Waals surface area contributed by atoms with Gasteiger partial charge in [-0.1, -0.05) is 42.5 Å². The highest BCUT2D eigenvalue weighted by atomic mass is 16.5. The number of para-hydroxylation sites is 3. The van der Waals surface area contributed by atoms with Crippen LogP contribution < -0.4 is 20.1 Å². The third-order valence-corrected chi connectivity index (χ3v) is 5.41. The molecule has 32 heavy (non-hydrogen) atoms. The molecule has 2 N–H and O–H groups in total. The van der Waals surface area contributed by atoms with Gasteiger partial charge in [-0.3, -0.25) is 9.59 Å². The fourth-order valence-corrected chi connectivity index (χ4v) is 3.77. The Morgan fingerprint density at radius 2 is 1.81 bits per heavy atom. The minimum atomic E-state index is -0.0345. The number of benzene rings is 3. The van der Waals surface area contributed by atoms with Gasteiger partial charge in [0.1, 0.15) is 6.61 Å². The number of aryl methyl sites for hydroxylation is 1. The highest BCUT2D eigenvalue weighted by Crippen LogP contribution is 2.28. The summed E-state index contributed by atoms with van der Waals surface area (Å²) >= 11 is 0. The van der Waals surface area contributed by atoms with E-state index in [1.807, 2.05) is 60.7 Å². The Labute approximate surface area is 187 Å². The second-order valence-electron chi connectivity index (χ2n) is 7.71. The van der Waals surface area contributed by atoms with Gasteiger partial charge in [0, 0.05) is 23.4 Å². The van der Waals surface area contributed by atoms with Gasteiger partial charge >= 0.3 is 0 Å². The predicted octanol–water partition coefficient (Wildman–Crippen LogP) is 4.73. The van der Waals surface area contributed by atoms with Gasteiger partial charge in [-0.25, -0.2) is 0 Å². The molecule has 0 atom stereocenters. The lowest BCUT2D eigenvalue weighted by Crippen LogP contribution is -2.13. The van der Waals surface area contributed by atoms with E-state index in [-0.39, 0.29) is 11.8 Å². The summed E-state index contributed by atoms with van der Waals surface area (Å²) in [5, 5.41) is 5.84. The van der Waals surface area contributed by atoms with E-state index >= 15 is 0 Å². The van der Waals surface area contributed by atoms with Crippen LogP contribution in [0, 0.1) is 0 Å². The van der Waals surface area contributed by atoms with Crippen LogP contribution in [-0.4, -0.2) is 18.9 Å². The lowest BCUT2D eigenvalue weighted by Gasteiger charge is -2.14. The van der Waals surface area contributed by atoms with E-state index in [9.17, 15) is 9.59 Å². The van der Waals surface area contributed by atoms with Crippen molar-refractivity contribution in [2.24, 2.45) is 0 Å². The van der Waals surface area contributed by atoms with Crippen LogP contribution >= 0.6 is 0 Å². The first-order chi connectivity index (χ1) is 15.6. The summed E-state index contributed by atoms with van der Waals surface area (Å²) in [5.41, 5.74) is 4.69. The summed E-state index contributed by atoms with van der Waals surface area (Å²) in [6, 6.07) is 21.1. The van der Waals surface area contributed by atoms with E-state index in [1.54, 1.807) is 7.11 Å². The summed E-state index contributed by atoms with van der Waals surface area (Å²) in [4.78, 5) is 24.0. The van der Waals surface area contributed by atoms with E-state index in [1.165, 1.54) is 0 Å². The average Bonchev–Trinajstić information content (AvgIpc) is 3.18. The molecule has 3 aromatic carbocycles. The fourth-order valence-electron chi connectivity index (χ4n) is 3.77. The largest absolute Gasteiger partial charge is 0.493 e. The van der Waals surface area contributed by atoms with Crippen LogP contribution in [0.25, 0.3) is 0 Å². The molecule has 164 valence electrons. The molecule has 0 spiro atoms. The number of methoxy groups -OCH3 is 1. The number of anilines is 2. The first-order valence-electron chi connectivity index (χ1n) is 10.7. The summed E-state index contributed by atoms with van der Waals surface area (Å²) in [6.07, 6.45) is 2.35. The van der Waals surface area contributed by atoms with Crippen LogP contribution in [0.1, 0.15) is 29.5 Å². The van der Waals surface area contributed by atoms with Crippen LogP contribution in [0.3, 0.4) is 0 Å². The first kappa shape index (κ1) is 21.4. The van der Waals surface area contributed by atoms with Gasteiger partial charge in [0.15, 0.2) is 11.5 Å². The third-order valence-electron chi connectivity index (χ3n) is 5.41. The minimum absolute atomic E-state index is 0.0323. The molecule has 6 heteroatoms. The van der Waals surface area contributed by atoms with Crippen LogP contribution in [0.15, 0.2) is 66.7 Å². The highest BCUT2D eigenvalue weighted by molar-refractivity contribution is 5.99. The summed E-state index contributed by atoms with van der Waals surface area (Å²) in [6.45, 7) is 0.318. The molecule has 1 heterocycles. The Balaban J connectivity index is 1.30. The zero-order valence-electron chi connectivity index (χ0n) is 18.0. The maximum absolute atomic E-state index is 12.5.